The van der Waals surface area contributed by atoms with Crippen LogP contribution in [-0.2, 0) is 9.53 Å². The van der Waals surface area contributed by atoms with Crippen LogP contribution in [0.3, 0.4) is 0 Å². The normalized spacial score (nSPS) is 14.9. The van der Waals surface area contributed by atoms with E-state index in [4.69, 9.17) is 18.6 Å². The minimum Gasteiger partial charge on any atom is -0.482 e. The van der Waals surface area contributed by atoms with E-state index in [2.05, 4.69) is 0 Å². The van der Waals surface area contributed by atoms with E-state index < -0.39 is 11.6 Å². The minimum absolute atomic E-state index is 0.183. The second-order valence-electron chi connectivity index (χ2n) is 6.94. The molecule has 2 heterocycles. The third-order valence-electron chi connectivity index (χ3n) is 3.54. The second kappa shape index (κ2) is 6.71. The molecule has 1 aliphatic rings. The molecule has 0 N–H and O–H groups in total. The fourth-order valence-electron chi connectivity index (χ4n) is 2.58. The summed E-state index contributed by atoms with van der Waals surface area (Å²) < 4.78 is 21.6. The van der Waals surface area contributed by atoms with Gasteiger partial charge in [-0.1, -0.05) is 0 Å². The number of furan rings is 1. The van der Waals surface area contributed by atoms with Gasteiger partial charge in [0.15, 0.2) is 12.4 Å². The van der Waals surface area contributed by atoms with E-state index in [1.54, 1.807) is 58.0 Å². The van der Waals surface area contributed by atoms with Crippen LogP contribution in [0.25, 0.3) is 6.08 Å². The van der Waals surface area contributed by atoms with Crippen molar-refractivity contribution in [1.82, 2.24) is 0 Å². The lowest BCUT2D eigenvalue weighted by Crippen LogP contribution is -2.27. The number of carbonyl (C=O) groups excluding carboxylic acids is 2. The number of hydrogen-bond donors (Lipinski definition) is 0. The highest BCUT2D eigenvalue weighted by molar-refractivity contribution is 6.15. The van der Waals surface area contributed by atoms with Crippen LogP contribution >= 0.6 is 0 Å². The van der Waals surface area contributed by atoms with Gasteiger partial charge in [-0.3, -0.25) is 4.79 Å². The lowest BCUT2D eigenvalue weighted by atomic mass is 10.0. The molecule has 0 unspecified atom stereocenters. The maximum atomic E-state index is 12.5. The highest BCUT2D eigenvalue weighted by atomic mass is 16.6. The molecule has 26 heavy (non-hydrogen) atoms. The van der Waals surface area contributed by atoms with Crippen LogP contribution in [0.2, 0.25) is 0 Å². The van der Waals surface area contributed by atoms with Crippen LogP contribution in [0, 0.1) is 6.92 Å². The van der Waals surface area contributed by atoms with Crippen molar-refractivity contribution in [2.24, 2.45) is 0 Å². The van der Waals surface area contributed by atoms with Crippen molar-refractivity contribution in [2.45, 2.75) is 33.3 Å². The first-order valence-corrected chi connectivity index (χ1v) is 8.20. The molecule has 1 aromatic heterocycles. The van der Waals surface area contributed by atoms with E-state index in [0.717, 1.165) is 0 Å². The van der Waals surface area contributed by atoms with Gasteiger partial charge in [0.25, 0.3) is 0 Å². The zero-order valence-corrected chi connectivity index (χ0v) is 15.1. The van der Waals surface area contributed by atoms with E-state index >= 15 is 0 Å². The van der Waals surface area contributed by atoms with Crippen molar-refractivity contribution in [3.8, 4) is 11.5 Å². The number of hydrogen-bond acceptors (Lipinski definition) is 6. The Morgan fingerprint density at radius 2 is 2.04 bits per heavy atom. The first kappa shape index (κ1) is 17.8. The molecule has 0 atom stereocenters. The number of ether oxygens (including phenoxy) is 3. The van der Waals surface area contributed by atoms with Gasteiger partial charge in [0.2, 0.25) is 5.78 Å². The third kappa shape index (κ3) is 3.96. The molecule has 0 spiro atoms. The van der Waals surface area contributed by atoms with Gasteiger partial charge in [0.1, 0.15) is 22.9 Å². The number of Topliss-reactive ketones (excluding diaryl/α,β-unsaturated/α-hetero) is 1. The summed E-state index contributed by atoms with van der Waals surface area (Å²) in [6, 6.07) is 6.75. The van der Waals surface area contributed by atoms with E-state index in [-0.39, 0.29) is 18.1 Å². The molecule has 0 bridgehead atoms. The predicted octanol–water partition coefficient (Wildman–Crippen LogP) is 3.92. The highest BCUT2D eigenvalue weighted by Crippen LogP contribution is 2.37. The number of benzene rings is 1. The zero-order chi connectivity index (χ0) is 18.9. The van der Waals surface area contributed by atoms with Crippen molar-refractivity contribution in [3.63, 3.8) is 0 Å². The van der Waals surface area contributed by atoms with Gasteiger partial charge in [-0.25, -0.2) is 4.79 Å². The van der Waals surface area contributed by atoms with Crippen molar-refractivity contribution >= 4 is 17.8 Å². The average molecular weight is 356 g/mol. The van der Waals surface area contributed by atoms with E-state index in [1.807, 2.05) is 0 Å². The van der Waals surface area contributed by atoms with Crippen LogP contribution in [-0.4, -0.2) is 24.0 Å². The first-order valence-electron chi connectivity index (χ1n) is 8.20. The summed E-state index contributed by atoms with van der Waals surface area (Å²) in [6.45, 7) is 6.93. The molecule has 0 aliphatic carbocycles. The summed E-state index contributed by atoms with van der Waals surface area (Å²) in [7, 11) is 0. The molecule has 136 valence electrons. The molecule has 2 aromatic rings. The number of fused-ring (bicyclic) bond motifs is 1. The molecule has 1 aromatic carbocycles. The third-order valence-corrected chi connectivity index (χ3v) is 3.54. The van der Waals surface area contributed by atoms with Gasteiger partial charge in [0, 0.05) is 12.1 Å². The number of rotatable bonds is 4. The van der Waals surface area contributed by atoms with Crippen molar-refractivity contribution in [1.29, 1.82) is 0 Å². The molecule has 6 heteroatoms. The molecule has 6 nitrogen and oxygen atoms in total. The SMILES string of the molecule is Cc1cc(OCC(=O)OC(C)(C)C)cc2c1C(=O)/C(=C/c1ccco1)O2. The molecular weight excluding hydrogens is 336 g/mol. The Labute approximate surface area is 151 Å². The van der Waals surface area contributed by atoms with Crippen LogP contribution in [0.1, 0.15) is 42.5 Å². The summed E-state index contributed by atoms with van der Waals surface area (Å²) in [5.74, 6) is 0.854. The summed E-state index contributed by atoms with van der Waals surface area (Å²) in [5, 5.41) is 0. The minimum atomic E-state index is -0.574. The smallest absolute Gasteiger partial charge is 0.344 e. The summed E-state index contributed by atoms with van der Waals surface area (Å²) in [6.07, 6.45) is 3.07. The Bertz CT molecular complexity index is 868. The fraction of sp³-hybridized carbons (Fsp3) is 0.300. The van der Waals surface area contributed by atoms with Crippen LogP contribution in [0.15, 0.2) is 40.7 Å². The number of aryl methyl sites for hydroxylation is 1. The molecule has 0 radical (unpaired) electrons. The Balaban J connectivity index is 1.76. The predicted molar refractivity (Wildman–Crippen MR) is 94.2 cm³/mol. The van der Waals surface area contributed by atoms with Gasteiger partial charge in [0.05, 0.1) is 11.8 Å². The molecule has 3 rings (SSSR count). The second-order valence-corrected chi connectivity index (χ2v) is 6.94. The molecule has 0 saturated heterocycles. The summed E-state index contributed by atoms with van der Waals surface area (Å²) in [4.78, 5) is 24.3. The molecule has 0 fully saturated rings. The zero-order valence-electron chi connectivity index (χ0n) is 15.1. The van der Waals surface area contributed by atoms with Crippen LogP contribution in [0.4, 0.5) is 0 Å². The van der Waals surface area contributed by atoms with E-state index in [1.165, 1.54) is 6.26 Å². The Morgan fingerprint density at radius 1 is 1.27 bits per heavy atom. The number of esters is 1. The summed E-state index contributed by atoms with van der Waals surface area (Å²) in [5.41, 5.74) is 0.608. The Kier molecular flexibility index (Phi) is 4.59. The van der Waals surface area contributed by atoms with Gasteiger partial charge in [-0.05, 0) is 51.5 Å². The van der Waals surface area contributed by atoms with Crippen molar-refractivity contribution < 1.29 is 28.2 Å². The molecule has 0 amide bonds. The summed E-state index contributed by atoms with van der Waals surface area (Å²) >= 11 is 0. The molecule has 1 aliphatic heterocycles. The van der Waals surface area contributed by atoms with E-state index in [0.29, 0.717) is 28.4 Å². The van der Waals surface area contributed by atoms with Crippen molar-refractivity contribution in [2.75, 3.05) is 6.61 Å². The fourth-order valence-corrected chi connectivity index (χ4v) is 2.58. The monoisotopic (exact) mass is 356 g/mol. The first-order chi connectivity index (χ1) is 12.2. The highest BCUT2D eigenvalue weighted by Gasteiger charge is 2.30. The maximum Gasteiger partial charge on any atom is 0.344 e. The van der Waals surface area contributed by atoms with Crippen LogP contribution < -0.4 is 9.47 Å². The van der Waals surface area contributed by atoms with Crippen molar-refractivity contribution in [3.05, 3.63) is 53.2 Å². The number of ketones is 1. The van der Waals surface area contributed by atoms with Crippen LogP contribution in [0.5, 0.6) is 11.5 Å². The largest absolute Gasteiger partial charge is 0.482 e. The number of allylic oxidation sites excluding steroid dienone is 1. The lowest BCUT2D eigenvalue weighted by molar-refractivity contribution is -0.157. The standard InChI is InChI=1S/C20H20O6/c1-12-8-14(24-11-17(21)26-20(2,3)4)10-15-18(12)19(22)16(25-15)9-13-6-5-7-23-13/h5-10H,11H2,1-4H3/b16-9-. The van der Waals surface area contributed by atoms with Gasteiger partial charge in [-0.15, -0.1) is 0 Å². The topological polar surface area (TPSA) is 75.0 Å². The maximum absolute atomic E-state index is 12.5. The van der Waals surface area contributed by atoms with Gasteiger partial charge < -0.3 is 18.6 Å². The Morgan fingerprint density at radius 3 is 2.69 bits per heavy atom. The quantitative estimate of drug-likeness (QED) is 0.610. The molecular formula is C20H20O6. The lowest BCUT2D eigenvalue weighted by Gasteiger charge is -2.19. The van der Waals surface area contributed by atoms with E-state index in [9.17, 15) is 9.59 Å². The van der Waals surface area contributed by atoms with Gasteiger partial charge >= 0.3 is 5.97 Å². The number of carbonyl (C=O) groups is 2. The molecule has 0 saturated carbocycles. The van der Waals surface area contributed by atoms with Gasteiger partial charge in [-0.2, -0.15) is 0 Å². The average Bonchev–Trinajstić information content (AvgIpc) is 3.13. The Hall–Kier alpha value is -3.02.